The van der Waals surface area contributed by atoms with Gasteiger partial charge in [0.1, 0.15) is 41.5 Å². The predicted octanol–water partition coefficient (Wildman–Crippen LogP) is 6.16. The normalized spacial score (nSPS) is 11.2. The standard InChI is InChI=1S/C32H32Cl2N4O5/c33-27-16-24(18-35)30(41-19-21-8-9-28-29(14-21)38-43-37-28)17-31(27)42-20-23-5-2-7-26(32(23)34)22-4-1-6-25(15-22)40-13-3-10-36-11-12-39/h1-2,4-9,14-17,36,39H,3,10-13,18-20,35H2. The number of nitrogens with two attached hydrogens (primary N) is 1. The number of aliphatic hydroxyl groups excluding tert-OH is 1. The highest BCUT2D eigenvalue weighted by molar-refractivity contribution is 6.34. The van der Waals surface area contributed by atoms with Crippen LogP contribution in [-0.4, -0.2) is 41.7 Å². The van der Waals surface area contributed by atoms with Crippen LogP contribution in [0.1, 0.15) is 23.1 Å². The molecule has 0 aliphatic heterocycles. The molecule has 0 atom stereocenters. The van der Waals surface area contributed by atoms with Crippen molar-refractivity contribution in [3.8, 4) is 28.4 Å². The van der Waals surface area contributed by atoms with Gasteiger partial charge in [-0.15, -0.1) is 0 Å². The van der Waals surface area contributed by atoms with Crippen LogP contribution in [0.3, 0.4) is 0 Å². The maximum absolute atomic E-state index is 8.86. The summed E-state index contributed by atoms with van der Waals surface area (Å²) in [7, 11) is 0. The molecule has 4 aromatic carbocycles. The number of nitrogens with one attached hydrogen (secondary N) is 1. The number of halogens is 2. The van der Waals surface area contributed by atoms with E-state index in [4.69, 9.17) is 52.9 Å². The Bertz CT molecular complexity index is 1660. The Balaban J connectivity index is 1.25. The number of benzene rings is 4. The van der Waals surface area contributed by atoms with Crippen LogP contribution in [0.2, 0.25) is 10.0 Å². The number of fused-ring (bicyclic) bond motifs is 1. The molecular weight excluding hydrogens is 591 g/mol. The minimum absolute atomic E-state index is 0.124. The molecule has 5 aromatic rings. The highest BCUT2D eigenvalue weighted by atomic mass is 35.5. The van der Waals surface area contributed by atoms with Gasteiger partial charge in [-0.3, -0.25) is 0 Å². The van der Waals surface area contributed by atoms with E-state index in [0.717, 1.165) is 46.5 Å². The van der Waals surface area contributed by atoms with Gasteiger partial charge < -0.3 is 30.4 Å². The summed E-state index contributed by atoms with van der Waals surface area (Å²) < 4.78 is 22.9. The number of aliphatic hydroxyl groups is 1. The third kappa shape index (κ3) is 7.95. The Morgan fingerprint density at radius 3 is 2.51 bits per heavy atom. The molecule has 0 saturated carbocycles. The molecule has 1 heterocycles. The summed E-state index contributed by atoms with van der Waals surface area (Å²) >= 11 is 13.4. The molecule has 0 saturated heterocycles. The van der Waals surface area contributed by atoms with Gasteiger partial charge in [0.15, 0.2) is 0 Å². The minimum Gasteiger partial charge on any atom is -0.494 e. The van der Waals surface area contributed by atoms with Crippen LogP contribution in [0.25, 0.3) is 22.2 Å². The monoisotopic (exact) mass is 622 g/mol. The average molecular weight is 624 g/mol. The van der Waals surface area contributed by atoms with E-state index in [1.165, 1.54) is 0 Å². The number of hydrogen-bond donors (Lipinski definition) is 3. The molecule has 4 N–H and O–H groups in total. The van der Waals surface area contributed by atoms with E-state index in [2.05, 4.69) is 15.6 Å². The molecular formula is C32H32Cl2N4O5. The SMILES string of the molecule is NCc1cc(Cl)c(OCc2cccc(-c3cccc(OCCCNCCO)c3)c2Cl)cc1OCc1ccc2nonc2c1. The minimum atomic E-state index is 0.124. The average Bonchev–Trinajstić information content (AvgIpc) is 3.50. The zero-order valence-corrected chi connectivity index (χ0v) is 24.9. The maximum Gasteiger partial charge on any atom is 0.142 e. The molecule has 0 aliphatic carbocycles. The van der Waals surface area contributed by atoms with Crippen molar-refractivity contribution >= 4 is 34.2 Å². The first kappa shape index (κ1) is 30.6. The lowest BCUT2D eigenvalue weighted by atomic mass is 10.0. The Labute approximate surface area is 259 Å². The second kappa shape index (κ2) is 15.0. The first-order valence-electron chi connectivity index (χ1n) is 13.9. The third-order valence-corrected chi connectivity index (χ3v) is 7.45. The smallest absolute Gasteiger partial charge is 0.142 e. The van der Waals surface area contributed by atoms with Crippen molar-refractivity contribution in [2.75, 3.05) is 26.3 Å². The van der Waals surface area contributed by atoms with Crippen molar-refractivity contribution in [1.82, 2.24) is 15.6 Å². The van der Waals surface area contributed by atoms with Crippen LogP contribution in [0, 0.1) is 0 Å². The van der Waals surface area contributed by atoms with Crippen LogP contribution in [0.15, 0.2) is 77.4 Å². The Morgan fingerprint density at radius 2 is 1.65 bits per heavy atom. The largest absolute Gasteiger partial charge is 0.494 e. The van der Waals surface area contributed by atoms with Crippen LogP contribution < -0.4 is 25.3 Å². The van der Waals surface area contributed by atoms with E-state index < -0.39 is 0 Å². The highest BCUT2D eigenvalue weighted by Gasteiger charge is 2.14. The molecule has 224 valence electrons. The molecule has 11 heteroatoms. The molecule has 0 bridgehead atoms. The zero-order valence-electron chi connectivity index (χ0n) is 23.4. The topological polar surface area (TPSA) is 125 Å². The van der Waals surface area contributed by atoms with Crippen LogP contribution in [0.5, 0.6) is 17.2 Å². The summed E-state index contributed by atoms with van der Waals surface area (Å²) in [4.78, 5) is 0. The molecule has 1 aromatic heterocycles. The summed E-state index contributed by atoms with van der Waals surface area (Å²) in [5.41, 5.74) is 11.6. The Morgan fingerprint density at radius 1 is 0.814 bits per heavy atom. The number of aromatic nitrogens is 2. The maximum atomic E-state index is 8.86. The van der Waals surface area contributed by atoms with Gasteiger partial charge in [0.05, 0.1) is 23.3 Å². The molecule has 0 aliphatic rings. The first-order chi connectivity index (χ1) is 21.1. The van der Waals surface area contributed by atoms with Crippen molar-refractivity contribution in [3.63, 3.8) is 0 Å². The second-order valence-corrected chi connectivity index (χ2v) is 10.5. The van der Waals surface area contributed by atoms with Crippen molar-refractivity contribution < 1.29 is 23.9 Å². The fourth-order valence-electron chi connectivity index (χ4n) is 4.47. The molecule has 43 heavy (non-hydrogen) atoms. The van der Waals surface area contributed by atoms with E-state index in [-0.39, 0.29) is 26.4 Å². The fourth-order valence-corrected chi connectivity index (χ4v) is 5.00. The van der Waals surface area contributed by atoms with Gasteiger partial charge >= 0.3 is 0 Å². The van der Waals surface area contributed by atoms with E-state index >= 15 is 0 Å². The van der Waals surface area contributed by atoms with Crippen LogP contribution >= 0.6 is 23.2 Å². The number of nitrogens with zero attached hydrogens (tertiary/aromatic N) is 2. The lowest BCUT2D eigenvalue weighted by Gasteiger charge is -2.16. The zero-order chi connectivity index (χ0) is 30.0. The van der Waals surface area contributed by atoms with Gasteiger partial charge in [-0.25, -0.2) is 4.63 Å². The molecule has 0 unspecified atom stereocenters. The fraction of sp³-hybridized carbons (Fsp3) is 0.250. The second-order valence-electron chi connectivity index (χ2n) is 9.74. The number of rotatable bonds is 15. The molecule has 5 rings (SSSR count). The number of hydrogen-bond acceptors (Lipinski definition) is 9. The summed E-state index contributed by atoms with van der Waals surface area (Å²) in [6, 6.07) is 22.7. The van der Waals surface area contributed by atoms with Crippen LogP contribution in [-0.2, 0) is 19.8 Å². The van der Waals surface area contributed by atoms with Crippen molar-refractivity contribution in [1.29, 1.82) is 0 Å². The van der Waals surface area contributed by atoms with Gasteiger partial charge in [0.2, 0.25) is 0 Å². The third-order valence-electron chi connectivity index (χ3n) is 6.71. The summed E-state index contributed by atoms with van der Waals surface area (Å²) in [5.74, 6) is 1.78. The summed E-state index contributed by atoms with van der Waals surface area (Å²) in [6.45, 7) is 2.77. The molecule has 0 spiro atoms. The summed E-state index contributed by atoms with van der Waals surface area (Å²) in [6.07, 6.45) is 0.829. The lowest BCUT2D eigenvalue weighted by molar-refractivity contribution is 0.282. The molecule has 0 radical (unpaired) electrons. The van der Waals surface area contributed by atoms with E-state index in [1.807, 2.05) is 60.7 Å². The molecule has 9 nitrogen and oxygen atoms in total. The van der Waals surface area contributed by atoms with Gasteiger partial charge in [0, 0.05) is 35.8 Å². The van der Waals surface area contributed by atoms with Gasteiger partial charge in [-0.05, 0) is 64.7 Å². The van der Waals surface area contributed by atoms with Gasteiger partial charge in [0.25, 0.3) is 0 Å². The number of ether oxygens (including phenoxy) is 3. The van der Waals surface area contributed by atoms with Crippen molar-refractivity contribution in [3.05, 3.63) is 99.5 Å². The van der Waals surface area contributed by atoms with Crippen molar-refractivity contribution in [2.45, 2.75) is 26.2 Å². The lowest BCUT2D eigenvalue weighted by Crippen LogP contribution is -2.20. The summed E-state index contributed by atoms with van der Waals surface area (Å²) in [5, 5.41) is 20.7. The van der Waals surface area contributed by atoms with Gasteiger partial charge in [-0.1, -0.05) is 59.6 Å². The first-order valence-corrected chi connectivity index (χ1v) is 14.6. The highest BCUT2D eigenvalue weighted by Crippen LogP contribution is 2.36. The predicted molar refractivity (Wildman–Crippen MR) is 167 cm³/mol. The van der Waals surface area contributed by atoms with Crippen LogP contribution in [0.4, 0.5) is 0 Å². The van der Waals surface area contributed by atoms with E-state index in [1.54, 1.807) is 12.1 Å². The Hall–Kier alpha value is -3.86. The van der Waals surface area contributed by atoms with Gasteiger partial charge in [-0.2, -0.15) is 0 Å². The molecule has 0 fully saturated rings. The van der Waals surface area contributed by atoms with E-state index in [9.17, 15) is 0 Å². The van der Waals surface area contributed by atoms with Crippen molar-refractivity contribution in [2.24, 2.45) is 5.73 Å². The molecule has 0 amide bonds. The quantitative estimate of drug-likeness (QED) is 0.118. The van der Waals surface area contributed by atoms with E-state index in [0.29, 0.717) is 45.7 Å². The Kier molecular flexibility index (Phi) is 10.7.